The van der Waals surface area contributed by atoms with Crippen LogP contribution in [0.5, 0.6) is 0 Å². The van der Waals surface area contributed by atoms with Gasteiger partial charge < -0.3 is 5.11 Å². The number of hydrogen-bond acceptors (Lipinski definition) is 4. The molecule has 3 nitrogen and oxygen atoms in total. The molecule has 2 heterocycles. The van der Waals surface area contributed by atoms with Gasteiger partial charge in [0.2, 0.25) is 0 Å². The van der Waals surface area contributed by atoms with Gasteiger partial charge in [0, 0.05) is 11.6 Å². The number of halogens is 1. The fourth-order valence-corrected chi connectivity index (χ4v) is 3.26. The molecule has 0 aliphatic heterocycles. The zero-order valence-corrected chi connectivity index (χ0v) is 11.6. The van der Waals surface area contributed by atoms with E-state index < -0.39 is 6.10 Å². The van der Waals surface area contributed by atoms with E-state index >= 15 is 0 Å². The van der Waals surface area contributed by atoms with Crippen LogP contribution >= 0.6 is 27.3 Å². The van der Waals surface area contributed by atoms with Crippen molar-refractivity contribution >= 4 is 38.2 Å². The quantitative estimate of drug-likeness (QED) is 0.785. The molecule has 1 N–H and O–H groups in total. The number of pyridine rings is 1. The topological polar surface area (TPSA) is 46.0 Å². The molecule has 1 atom stereocenters. The molecule has 3 aromatic rings. The molecule has 0 aliphatic carbocycles. The van der Waals surface area contributed by atoms with Crippen LogP contribution in [0.4, 0.5) is 0 Å². The van der Waals surface area contributed by atoms with Gasteiger partial charge in [0.05, 0.1) is 15.9 Å². The summed E-state index contributed by atoms with van der Waals surface area (Å²) in [7, 11) is 0. The van der Waals surface area contributed by atoms with Gasteiger partial charge in [-0.05, 0) is 39.7 Å². The summed E-state index contributed by atoms with van der Waals surface area (Å²) >= 11 is 4.78. The number of thiazole rings is 1. The highest BCUT2D eigenvalue weighted by Crippen LogP contribution is 2.32. The highest BCUT2D eigenvalue weighted by Gasteiger charge is 2.16. The largest absolute Gasteiger partial charge is 0.383 e. The summed E-state index contributed by atoms with van der Waals surface area (Å²) in [6.07, 6.45) is 1.11. The molecule has 0 bridgehead atoms. The number of aliphatic hydroxyl groups excluding tert-OH is 1. The number of fused-ring (bicyclic) bond motifs is 1. The number of nitrogens with zero attached hydrogens (tertiary/aromatic N) is 2. The Morgan fingerprint density at radius 3 is 2.89 bits per heavy atom. The van der Waals surface area contributed by atoms with E-state index in [9.17, 15) is 5.11 Å². The highest BCUT2D eigenvalue weighted by molar-refractivity contribution is 9.10. The smallest absolute Gasteiger partial charge is 0.123 e. The van der Waals surface area contributed by atoms with Crippen LogP contribution in [-0.4, -0.2) is 15.1 Å². The van der Waals surface area contributed by atoms with Crippen LogP contribution in [0.25, 0.3) is 10.9 Å². The molecule has 0 fully saturated rings. The summed E-state index contributed by atoms with van der Waals surface area (Å²) in [6, 6.07) is 9.65. The molecule has 5 heteroatoms. The average molecular weight is 321 g/mol. The summed E-state index contributed by atoms with van der Waals surface area (Å²) < 4.78 is 0.700. The van der Waals surface area contributed by atoms with Crippen molar-refractivity contribution in [3.63, 3.8) is 0 Å². The maximum absolute atomic E-state index is 10.3. The minimum absolute atomic E-state index is 0.656. The Hall–Kier alpha value is -1.30. The molecule has 0 spiro atoms. The Morgan fingerprint density at radius 1 is 1.22 bits per heavy atom. The maximum atomic E-state index is 10.3. The number of benzene rings is 1. The molecule has 0 aliphatic rings. The van der Waals surface area contributed by atoms with Crippen LogP contribution in [-0.2, 0) is 0 Å². The van der Waals surface area contributed by atoms with E-state index in [1.54, 1.807) is 11.7 Å². The van der Waals surface area contributed by atoms with Crippen molar-refractivity contribution in [3.05, 3.63) is 57.1 Å². The summed E-state index contributed by atoms with van der Waals surface area (Å²) in [4.78, 5) is 9.17. The lowest BCUT2D eigenvalue weighted by Crippen LogP contribution is -1.98. The van der Waals surface area contributed by atoms with Crippen LogP contribution in [0.2, 0.25) is 0 Å². The van der Waals surface area contributed by atoms with Crippen molar-refractivity contribution in [1.82, 2.24) is 9.97 Å². The predicted molar refractivity (Wildman–Crippen MR) is 75.6 cm³/mol. The third kappa shape index (κ3) is 2.05. The first-order valence-electron chi connectivity index (χ1n) is 5.37. The van der Waals surface area contributed by atoms with Gasteiger partial charge in [-0.15, -0.1) is 11.3 Å². The van der Waals surface area contributed by atoms with Crippen LogP contribution in [0.15, 0.2) is 46.6 Å². The lowest BCUT2D eigenvalue weighted by atomic mass is 10.1. The molecule has 90 valence electrons. The minimum atomic E-state index is -0.656. The molecular weight excluding hydrogens is 312 g/mol. The number of aromatic nitrogens is 2. The third-order valence-electron chi connectivity index (χ3n) is 2.74. The van der Waals surface area contributed by atoms with Gasteiger partial charge in [-0.1, -0.05) is 12.1 Å². The summed E-state index contributed by atoms with van der Waals surface area (Å²) in [5.74, 6) is 0. The Balaban J connectivity index is 2.07. The van der Waals surface area contributed by atoms with Crippen molar-refractivity contribution in [2.45, 2.75) is 6.10 Å². The predicted octanol–water partition coefficient (Wildman–Crippen LogP) is 3.54. The van der Waals surface area contributed by atoms with Gasteiger partial charge in [-0.3, -0.25) is 4.98 Å². The molecule has 2 aromatic heterocycles. The molecule has 0 radical (unpaired) electrons. The third-order valence-corrected chi connectivity index (χ3v) is 4.52. The van der Waals surface area contributed by atoms with E-state index in [0.29, 0.717) is 4.60 Å². The van der Waals surface area contributed by atoms with Gasteiger partial charge in [-0.25, -0.2) is 4.98 Å². The Morgan fingerprint density at radius 2 is 2.11 bits per heavy atom. The molecule has 0 saturated heterocycles. The average Bonchev–Trinajstić information content (AvgIpc) is 2.83. The molecule has 0 amide bonds. The zero-order chi connectivity index (χ0) is 12.5. The fraction of sp³-hybridized carbons (Fsp3) is 0.0769. The summed E-state index contributed by atoms with van der Waals surface area (Å²) in [6.45, 7) is 0. The molecule has 1 aromatic carbocycles. The van der Waals surface area contributed by atoms with Crippen molar-refractivity contribution in [2.24, 2.45) is 0 Å². The molecule has 3 rings (SSSR count). The van der Waals surface area contributed by atoms with Crippen molar-refractivity contribution in [3.8, 4) is 0 Å². The van der Waals surface area contributed by atoms with Gasteiger partial charge in [-0.2, -0.15) is 0 Å². The second kappa shape index (κ2) is 4.76. The standard InChI is InChI=1S/C13H9BrN2OS/c14-13-12(18-7-16-13)11(17)9-3-4-10-8(6-9)2-1-5-15-10/h1-7,11,17H. The molecule has 0 saturated carbocycles. The van der Waals surface area contributed by atoms with E-state index in [2.05, 4.69) is 25.9 Å². The number of hydrogen-bond donors (Lipinski definition) is 1. The van der Waals surface area contributed by atoms with Gasteiger partial charge in [0.1, 0.15) is 10.7 Å². The zero-order valence-electron chi connectivity index (χ0n) is 9.25. The lowest BCUT2D eigenvalue weighted by Gasteiger charge is -2.10. The highest BCUT2D eigenvalue weighted by atomic mass is 79.9. The number of rotatable bonds is 2. The normalized spacial score (nSPS) is 12.8. The first kappa shape index (κ1) is 11.8. The van der Waals surface area contributed by atoms with Crippen LogP contribution in [0.1, 0.15) is 16.5 Å². The van der Waals surface area contributed by atoms with Crippen molar-refractivity contribution in [1.29, 1.82) is 0 Å². The van der Waals surface area contributed by atoms with Crippen LogP contribution in [0, 0.1) is 0 Å². The Kier molecular flexibility index (Phi) is 3.11. The Labute approximate surface area is 116 Å². The lowest BCUT2D eigenvalue weighted by molar-refractivity contribution is 0.223. The van der Waals surface area contributed by atoms with Crippen LogP contribution < -0.4 is 0 Å². The van der Waals surface area contributed by atoms with E-state index in [1.165, 1.54) is 11.3 Å². The first-order chi connectivity index (χ1) is 8.75. The summed E-state index contributed by atoms with van der Waals surface area (Å²) in [5.41, 5.74) is 3.49. The van der Waals surface area contributed by atoms with Crippen molar-refractivity contribution in [2.75, 3.05) is 0 Å². The second-order valence-corrected chi connectivity index (χ2v) is 5.50. The first-order valence-corrected chi connectivity index (χ1v) is 7.04. The molecular formula is C13H9BrN2OS. The van der Waals surface area contributed by atoms with E-state index in [4.69, 9.17) is 0 Å². The number of aliphatic hydroxyl groups is 1. The monoisotopic (exact) mass is 320 g/mol. The maximum Gasteiger partial charge on any atom is 0.123 e. The van der Waals surface area contributed by atoms with Crippen LogP contribution in [0.3, 0.4) is 0 Å². The fourth-order valence-electron chi connectivity index (χ4n) is 1.83. The van der Waals surface area contributed by atoms with Gasteiger partial charge >= 0.3 is 0 Å². The molecule has 1 unspecified atom stereocenters. The minimum Gasteiger partial charge on any atom is -0.383 e. The van der Waals surface area contributed by atoms with E-state index in [0.717, 1.165) is 21.3 Å². The van der Waals surface area contributed by atoms with Gasteiger partial charge in [0.15, 0.2) is 0 Å². The molecule has 18 heavy (non-hydrogen) atoms. The Bertz CT molecular complexity index is 698. The van der Waals surface area contributed by atoms with E-state index in [1.807, 2.05) is 30.3 Å². The van der Waals surface area contributed by atoms with E-state index in [-0.39, 0.29) is 0 Å². The second-order valence-electron chi connectivity index (χ2n) is 3.87. The van der Waals surface area contributed by atoms with Gasteiger partial charge in [0.25, 0.3) is 0 Å². The SMILES string of the molecule is OC(c1ccc2ncccc2c1)c1scnc1Br. The summed E-state index contributed by atoms with van der Waals surface area (Å²) in [5, 5.41) is 11.4. The van der Waals surface area contributed by atoms with Crippen molar-refractivity contribution < 1.29 is 5.11 Å².